The molecule has 0 aromatic carbocycles. The summed E-state index contributed by atoms with van der Waals surface area (Å²) in [6.45, 7) is 7.72. The molecule has 1 amide bonds. The maximum Gasteiger partial charge on any atom is 0.348 e. The number of thiophene rings is 1. The number of carbonyl (C=O) groups is 2. The lowest BCUT2D eigenvalue weighted by atomic mass is 9.92. The number of aromatic carboxylic acids is 1. The zero-order valence-electron chi connectivity index (χ0n) is 20.6. The van der Waals surface area contributed by atoms with E-state index in [1.807, 2.05) is 31.7 Å². The van der Waals surface area contributed by atoms with E-state index in [1.165, 1.54) is 11.3 Å². The van der Waals surface area contributed by atoms with Crippen molar-refractivity contribution < 1.29 is 19.4 Å². The van der Waals surface area contributed by atoms with Gasteiger partial charge in [-0.15, -0.1) is 11.3 Å². The molecule has 4 rings (SSSR count). The van der Waals surface area contributed by atoms with E-state index < -0.39 is 5.97 Å². The van der Waals surface area contributed by atoms with E-state index in [-0.39, 0.29) is 23.5 Å². The Morgan fingerprint density at radius 2 is 1.89 bits per heavy atom. The molecule has 0 radical (unpaired) electrons. The number of carboxylic acids is 1. The van der Waals surface area contributed by atoms with Crippen LogP contribution in [0.15, 0.2) is 24.4 Å². The zero-order chi connectivity index (χ0) is 25.0. The van der Waals surface area contributed by atoms with Crippen LogP contribution in [-0.2, 0) is 0 Å². The number of nitrogens with zero attached hydrogens (tertiary/aromatic N) is 2. The second-order valence-electron chi connectivity index (χ2n) is 10.3. The Bertz CT molecular complexity index is 1130. The number of likely N-dealkylation sites (tertiary alicyclic amines) is 1. The molecule has 2 aromatic rings. The number of carbonyl (C=O) groups excluding carboxylic acids is 1. The molecule has 2 N–H and O–H groups in total. The average Bonchev–Trinajstić information content (AvgIpc) is 3.49. The van der Waals surface area contributed by atoms with E-state index in [1.54, 1.807) is 18.3 Å². The van der Waals surface area contributed by atoms with Gasteiger partial charge in [0.05, 0.1) is 10.6 Å². The van der Waals surface area contributed by atoms with Crippen LogP contribution in [0.1, 0.15) is 84.2 Å². The number of hydrogen-bond acceptors (Lipinski definition) is 6. The van der Waals surface area contributed by atoms with Gasteiger partial charge in [-0.3, -0.25) is 4.79 Å². The van der Waals surface area contributed by atoms with E-state index in [0.29, 0.717) is 22.0 Å². The molecule has 1 saturated heterocycles. The smallest absolute Gasteiger partial charge is 0.348 e. The number of rotatable bonds is 6. The maximum absolute atomic E-state index is 12.7. The lowest BCUT2D eigenvalue weighted by Gasteiger charge is -2.29. The quantitative estimate of drug-likeness (QED) is 0.530. The van der Waals surface area contributed by atoms with Crippen LogP contribution >= 0.6 is 11.3 Å². The van der Waals surface area contributed by atoms with Crippen LogP contribution in [0.3, 0.4) is 0 Å². The number of carboxylic acid groups (broad SMARTS) is 1. The monoisotopic (exact) mass is 495 g/mol. The Morgan fingerprint density at radius 3 is 2.54 bits per heavy atom. The number of amides is 1. The van der Waals surface area contributed by atoms with Crippen molar-refractivity contribution in [1.29, 1.82) is 0 Å². The normalized spacial score (nSPS) is 20.1. The molecule has 1 aliphatic heterocycles. The molecule has 7 nitrogen and oxygen atoms in total. The number of pyridine rings is 1. The minimum Gasteiger partial charge on any atom is -0.477 e. The zero-order valence-corrected chi connectivity index (χ0v) is 21.4. The minimum absolute atomic E-state index is 0.0207. The molecule has 2 aromatic heterocycles. The third-order valence-corrected chi connectivity index (χ3v) is 7.22. The van der Waals surface area contributed by atoms with E-state index in [2.05, 4.69) is 22.1 Å². The molecule has 0 bridgehead atoms. The Kier molecular flexibility index (Phi) is 7.66. The summed E-state index contributed by atoms with van der Waals surface area (Å²) in [5, 5.41) is 13.1. The van der Waals surface area contributed by atoms with Gasteiger partial charge in [-0.1, -0.05) is 11.8 Å². The largest absolute Gasteiger partial charge is 0.477 e. The van der Waals surface area contributed by atoms with Crippen LogP contribution in [0.4, 0.5) is 5.69 Å². The fourth-order valence-corrected chi connectivity index (χ4v) is 5.21. The topological polar surface area (TPSA) is 91.8 Å². The first-order valence-electron chi connectivity index (χ1n) is 12.3. The molecule has 2 fully saturated rings. The lowest BCUT2D eigenvalue weighted by Crippen LogP contribution is -2.31. The molecule has 1 saturated carbocycles. The second kappa shape index (κ2) is 10.7. The Morgan fingerprint density at radius 1 is 1.17 bits per heavy atom. The predicted octanol–water partition coefficient (Wildman–Crippen LogP) is 5.28. The second-order valence-corrected chi connectivity index (χ2v) is 11.3. The molecular formula is C27H33N3O4S. The van der Waals surface area contributed by atoms with Crippen molar-refractivity contribution in [2.75, 3.05) is 18.4 Å². The third-order valence-electron chi connectivity index (χ3n) is 6.18. The summed E-state index contributed by atoms with van der Waals surface area (Å²) >= 11 is 1.21. The van der Waals surface area contributed by atoms with Crippen molar-refractivity contribution in [3.63, 3.8) is 0 Å². The van der Waals surface area contributed by atoms with Gasteiger partial charge in [0.1, 0.15) is 11.0 Å². The van der Waals surface area contributed by atoms with Gasteiger partial charge < -0.3 is 20.1 Å². The van der Waals surface area contributed by atoms with E-state index in [9.17, 15) is 14.7 Å². The van der Waals surface area contributed by atoms with Gasteiger partial charge >= 0.3 is 5.97 Å². The minimum atomic E-state index is -0.937. The molecule has 3 heterocycles. The van der Waals surface area contributed by atoms with Crippen LogP contribution in [-0.4, -0.2) is 52.1 Å². The maximum atomic E-state index is 12.7. The van der Waals surface area contributed by atoms with Crippen LogP contribution in [0.25, 0.3) is 0 Å². The SMILES string of the molecule is CC(C)(C)C#Cc1cc(NC2CCC(Oc3cc(C(=O)N4CCCC4)ccn3)CC2)c(C(=O)O)s1. The van der Waals surface area contributed by atoms with Crippen molar-refractivity contribution in [3.8, 4) is 17.7 Å². The van der Waals surface area contributed by atoms with Crippen LogP contribution in [0.5, 0.6) is 5.88 Å². The summed E-state index contributed by atoms with van der Waals surface area (Å²) in [6.07, 6.45) is 7.14. The van der Waals surface area contributed by atoms with Crippen LogP contribution < -0.4 is 10.1 Å². The molecule has 0 atom stereocenters. The summed E-state index contributed by atoms with van der Waals surface area (Å²) in [4.78, 5) is 31.7. The van der Waals surface area contributed by atoms with Crippen molar-refractivity contribution in [1.82, 2.24) is 9.88 Å². The van der Waals surface area contributed by atoms with Gasteiger partial charge in [0.25, 0.3) is 5.91 Å². The highest BCUT2D eigenvalue weighted by atomic mass is 32.1. The first-order chi connectivity index (χ1) is 16.7. The number of hydrogen-bond donors (Lipinski definition) is 2. The highest BCUT2D eigenvalue weighted by Crippen LogP contribution is 2.31. The summed E-state index contributed by atoms with van der Waals surface area (Å²) in [5.74, 6) is 5.87. The fourth-order valence-electron chi connectivity index (χ4n) is 4.39. The molecule has 1 aliphatic carbocycles. The number of ether oxygens (including phenoxy) is 1. The van der Waals surface area contributed by atoms with Crippen LogP contribution in [0, 0.1) is 17.3 Å². The standard InChI is InChI=1S/C27H33N3O4S/c1-27(2,3)12-10-21-17-22(24(35-21)26(32)33)29-19-6-8-20(9-7-19)34-23-16-18(11-13-28-23)25(31)30-14-4-5-15-30/h11,13,16-17,19-20,29H,4-9,14-15H2,1-3H3,(H,32,33). The van der Waals surface area contributed by atoms with Crippen LogP contribution in [0.2, 0.25) is 0 Å². The summed E-state index contributed by atoms with van der Waals surface area (Å²) < 4.78 is 6.12. The van der Waals surface area contributed by atoms with Gasteiger partial charge in [0.15, 0.2) is 0 Å². The Balaban J connectivity index is 1.34. The van der Waals surface area contributed by atoms with Gasteiger partial charge in [0, 0.05) is 42.4 Å². The summed E-state index contributed by atoms with van der Waals surface area (Å²) in [5.41, 5.74) is 1.12. The van der Waals surface area contributed by atoms with E-state index in [4.69, 9.17) is 4.74 Å². The van der Waals surface area contributed by atoms with Gasteiger partial charge in [-0.05, 0) is 71.4 Å². The summed E-state index contributed by atoms with van der Waals surface area (Å²) in [6, 6.07) is 5.51. The van der Waals surface area contributed by atoms with Crippen molar-refractivity contribution >= 4 is 28.9 Å². The molecule has 186 valence electrons. The molecule has 2 aliphatic rings. The van der Waals surface area contributed by atoms with E-state index >= 15 is 0 Å². The fraction of sp³-hybridized carbons (Fsp3) is 0.519. The van der Waals surface area contributed by atoms with Gasteiger partial charge in [-0.25, -0.2) is 9.78 Å². The predicted molar refractivity (Wildman–Crippen MR) is 137 cm³/mol. The first kappa shape index (κ1) is 25.1. The van der Waals surface area contributed by atoms with Crippen molar-refractivity contribution in [3.05, 3.63) is 39.7 Å². The van der Waals surface area contributed by atoms with Crippen molar-refractivity contribution in [2.24, 2.45) is 5.41 Å². The Hall–Kier alpha value is -3.05. The highest BCUT2D eigenvalue weighted by Gasteiger charge is 2.26. The lowest BCUT2D eigenvalue weighted by molar-refractivity contribution is 0.0702. The molecule has 8 heteroatoms. The molecular weight excluding hydrogens is 462 g/mol. The molecule has 0 spiro atoms. The Labute approximate surface area is 210 Å². The molecule has 35 heavy (non-hydrogen) atoms. The average molecular weight is 496 g/mol. The van der Waals surface area contributed by atoms with E-state index in [0.717, 1.165) is 56.5 Å². The number of nitrogens with one attached hydrogen (secondary N) is 1. The summed E-state index contributed by atoms with van der Waals surface area (Å²) in [7, 11) is 0. The number of anilines is 1. The first-order valence-corrected chi connectivity index (χ1v) is 13.1. The van der Waals surface area contributed by atoms with Gasteiger partial charge in [-0.2, -0.15) is 0 Å². The third kappa shape index (κ3) is 6.76. The highest BCUT2D eigenvalue weighted by molar-refractivity contribution is 7.15. The molecule has 0 unspecified atom stereocenters. The number of aromatic nitrogens is 1. The van der Waals surface area contributed by atoms with Gasteiger partial charge in [0.2, 0.25) is 5.88 Å². The van der Waals surface area contributed by atoms with Crippen molar-refractivity contribution in [2.45, 2.75) is 71.4 Å².